The van der Waals surface area contributed by atoms with Gasteiger partial charge in [0, 0.05) is 19.3 Å². The third-order valence-electron chi connectivity index (χ3n) is 15.7. The maximum atomic E-state index is 12.9. The third-order valence-corrected chi connectivity index (χ3v) is 15.7. The van der Waals surface area contributed by atoms with E-state index < -0.39 is 6.10 Å². The van der Waals surface area contributed by atoms with Gasteiger partial charge in [-0.3, -0.25) is 14.4 Å². The fourth-order valence-corrected chi connectivity index (χ4v) is 10.4. The molecule has 0 saturated carbocycles. The van der Waals surface area contributed by atoms with Crippen LogP contribution in [0.15, 0.2) is 72.9 Å². The molecule has 0 aromatic heterocycles. The summed E-state index contributed by atoms with van der Waals surface area (Å²) in [5, 5.41) is 0. The van der Waals surface area contributed by atoms with Crippen molar-refractivity contribution in [2.75, 3.05) is 13.2 Å². The summed E-state index contributed by atoms with van der Waals surface area (Å²) in [7, 11) is 0. The molecule has 1 atom stereocenters. The molecular weight excluding hydrogens is 997 g/mol. The molecule has 6 heteroatoms. The monoisotopic (exact) mass is 1130 g/mol. The molecule has 0 rings (SSSR count). The fraction of sp³-hybridized carbons (Fsp3) is 0.800. The summed E-state index contributed by atoms with van der Waals surface area (Å²) in [6.07, 6.45) is 90.9. The number of hydrogen-bond acceptors (Lipinski definition) is 6. The lowest BCUT2D eigenvalue weighted by Gasteiger charge is -2.18. The molecule has 0 aliphatic heterocycles. The van der Waals surface area contributed by atoms with E-state index in [2.05, 4.69) is 93.7 Å². The topological polar surface area (TPSA) is 78.9 Å². The van der Waals surface area contributed by atoms with Crippen molar-refractivity contribution < 1.29 is 28.6 Å². The molecule has 0 bridgehead atoms. The standard InChI is InChI=1S/C75H134O6/c1-4-7-10-13-16-19-22-24-26-28-30-32-33-34-35-36-37-38-39-40-41-43-44-46-48-50-53-56-59-62-65-68-74(77)80-71-72(70-79-73(76)67-64-61-58-55-52-21-18-15-12-9-6-3)81-75(78)69-66-63-60-57-54-51-49-47-45-42-31-29-27-25-23-20-17-14-11-8-5-2/h7,10,15-16,18-19,24,26,29-32,72H,4-6,8-9,11-14,17,20-23,25,27-28,33-71H2,1-3H3/b10-7-,18-15-,19-16-,26-24-,31-29-,32-30-. The Hall–Kier alpha value is -3.15. The van der Waals surface area contributed by atoms with Crippen molar-refractivity contribution in [1.82, 2.24) is 0 Å². The fourth-order valence-electron chi connectivity index (χ4n) is 10.4. The number of rotatable bonds is 65. The highest BCUT2D eigenvalue weighted by molar-refractivity contribution is 5.71. The summed E-state index contributed by atoms with van der Waals surface area (Å²) in [6.45, 7) is 6.53. The molecule has 81 heavy (non-hydrogen) atoms. The van der Waals surface area contributed by atoms with Gasteiger partial charge in [0.15, 0.2) is 6.10 Å². The van der Waals surface area contributed by atoms with Crippen molar-refractivity contribution in [3.8, 4) is 0 Å². The van der Waals surface area contributed by atoms with E-state index in [-0.39, 0.29) is 31.1 Å². The highest BCUT2D eigenvalue weighted by Crippen LogP contribution is 2.18. The van der Waals surface area contributed by atoms with Crippen LogP contribution in [0.1, 0.15) is 367 Å². The second-order valence-electron chi connectivity index (χ2n) is 23.8. The molecule has 0 spiro atoms. The van der Waals surface area contributed by atoms with Gasteiger partial charge in [-0.2, -0.15) is 0 Å². The predicted molar refractivity (Wildman–Crippen MR) is 353 cm³/mol. The van der Waals surface area contributed by atoms with E-state index in [1.165, 1.54) is 238 Å². The Bertz CT molecular complexity index is 1490. The van der Waals surface area contributed by atoms with E-state index in [1.54, 1.807) is 0 Å². The first-order valence-corrected chi connectivity index (χ1v) is 35.4. The number of carbonyl (C=O) groups is 3. The van der Waals surface area contributed by atoms with Crippen molar-refractivity contribution in [3.63, 3.8) is 0 Å². The normalized spacial score (nSPS) is 12.5. The van der Waals surface area contributed by atoms with Gasteiger partial charge in [-0.1, -0.05) is 318 Å². The van der Waals surface area contributed by atoms with Gasteiger partial charge in [0.05, 0.1) is 0 Å². The highest BCUT2D eigenvalue weighted by Gasteiger charge is 2.19. The van der Waals surface area contributed by atoms with Crippen LogP contribution in [0.3, 0.4) is 0 Å². The summed E-state index contributed by atoms with van der Waals surface area (Å²) in [5.41, 5.74) is 0. The van der Waals surface area contributed by atoms with E-state index in [1.807, 2.05) is 0 Å². The van der Waals surface area contributed by atoms with Crippen LogP contribution in [0, 0.1) is 0 Å². The summed E-state index contributed by atoms with van der Waals surface area (Å²) < 4.78 is 17.0. The molecule has 0 fully saturated rings. The van der Waals surface area contributed by atoms with Crippen LogP contribution < -0.4 is 0 Å². The maximum absolute atomic E-state index is 12.9. The van der Waals surface area contributed by atoms with Gasteiger partial charge in [-0.25, -0.2) is 0 Å². The number of ether oxygens (including phenoxy) is 3. The average Bonchev–Trinajstić information content (AvgIpc) is 3.47. The Labute approximate surface area is 503 Å². The van der Waals surface area contributed by atoms with E-state index in [0.717, 1.165) is 89.9 Å². The second-order valence-corrected chi connectivity index (χ2v) is 23.8. The first-order valence-electron chi connectivity index (χ1n) is 35.4. The molecule has 470 valence electrons. The van der Waals surface area contributed by atoms with Crippen molar-refractivity contribution in [3.05, 3.63) is 72.9 Å². The van der Waals surface area contributed by atoms with Gasteiger partial charge < -0.3 is 14.2 Å². The minimum atomic E-state index is -0.778. The lowest BCUT2D eigenvalue weighted by atomic mass is 10.0. The Balaban J connectivity index is 4.15. The largest absolute Gasteiger partial charge is 0.462 e. The molecule has 0 saturated heterocycles. The second kappa shape index (κ2) is 69.3. The maximum Gasteiger partial charge on any atom is 0.306 e. The van der Waals surface area contributed by atoms with Crippen LogP contribution in [0.2, 0.25) is 0 Å². The predicted octanol–water partition coefficient (Wildman–Crippen LogP) is 24.4. The summed E-state index contributed by atoms with van der Waals surface area (Å²) in [4.78, 5) is 38.4. The van der Waals surface area contributed by atoms with Crippen LogP contribution in [-0.2, 0) is 28.6 Å². The third kappa shape index (κ3) is 67.5. The van der Waals surface area contributed by atoms with E-state index in [0.29, 0.717) is 19.3 Å². The lowest BCUT2D eigenvalue weighted by molar-refractivity contribution is -0.167. The number of unbranched alkanes of at least 4 members (excludes halogenated alkanes) is 42. The summed E-state index contributed by atoms with van der Waals surface area (Å²) in [6, 6.07) is 0. The van der Waals surface area contributed by atoms with Gasteiger partial charge in [-0.05, 0) is 103 Å². The van der Waals surface area contributed by atoms with Crippen LogP contribution >= 0.6 is 0 Å². The van der Waals surface area contributed by atoms with Crippen LogP contribution in [0.4, 0.5) is 0 Å². The van der Waals surface area contributed by atoms with E-state index in [4.69, 9.17) is 14.2 Å². The van der Waals surface area contributed by atoms with Crippen molar-refractivity contribution in [2.24, 2.45) is 0 Å². The Morgan fingerprint density at radius 2 is 0.494 bits per heavy atom. The zero-order chi connectivity index (χ0) is 58.5. The first kappa shape index (κ1) is 77.9. The number of carbonyl (C=O) groups excluding carboxylic acids is 3. The molecule has 0 aliphatic carbocycles. The molecule has 0 aromatic rings. The van der Waals surface area contributed by atoms with Gasteiger partial charge in [0.25, 0.3) is 0 Å². The van der Waals surface area contributed by atoms with Crippen LogP contribution in [0.5, 0.6) is 0 Å². The number of hydrogen-bond donors (Lipinski definition) is 0. The molecule has 6 nitrogen and oxygen atoms in total. The molecule has 0 radical (unpaired) electrons. The SMILES string of the molecule is CC/C=C\C/C=C\C/C=C\C/C=C\CCCCCCCCCCCCCCCCCCCCC(=O)OCC(COC(=O)CCCCCCC/C=C\CCCC)OC(=O)CCCCCCCCCCC/C=C\CCCCCCCCCC. The minimum absolute atomic E-state index is 0.0745. The van der Waals surface area contributed by atoms with Crippen molar-refractivity contribution >= 4 is 17.9 Å². The molecule has 0 N–H and O–H groups in total. The first-order chi connectivity index (χ1) is 40.0. The zero-order valence-electron chi connectivity index (χ0n) is 54.1. The molecule has 0 heterocycles. The lowest BCUT2D eigenvalue weighted by Crippen LogP contribution is -2.30. The molecular formula is C75H134O6. The van der Waals surface area contributed by atoms with Gasteiger partial charge >= 0.3 is 17.9 Å². The van der Waals surface area contributed by atoms with Crippen molar-refractivity contribution in [2.45, 2.75) is 374 Å². The van der Waals surface area contributed by atoms with Gasteiger partial charge in [0.1, 0.15) is 13.2 Å². The Morgan fingerprint density at radius 1 is 0.259 bits per heavy atom. The zero-order valence-corrected chi connectivity index (χ0v) is 54.1. The quantitative estimate of drug-likeness (QED) is 0.0261. The number of allylic oxidation sites excluding steroid dienone is 12. The van der Waals surface area contributed by atoms with Gasteiger partial charge in [0.2, 0.25) is 0 Å². The number of esters is 3. The van der Waals surface area contributed by atoms with Crippen LogP contribution in [-0.4, -0.2) is 37.2 Å². The summed E-state index contributed by atoms with van der Waals surface area (Å²) >= 11 is 0. The molecule has 0 aromatic carbocycles. The average molecular weight is 1130 g/mol. The van der Waals surface area contributed by atoms with Crippen LogP contribution in [0.25, 0.3) is 0 Å². The van der Waals surface area contributed by atoms with E-state index >= 15 is 0 Å². The highest BCUT2D eigenvalue weighted by atomic mass is 16.6. The Kier molecular flexibility index (Phi) is 66.6. The minimum Gasteiger partial charge on any atom is -0.462 e. The smallest absolute Gasteiger partial charge is 0.306 e. The van der Waals surface area contributed by atoms with E-state index in [9.17, 15) is 14.4 Å². The Morgan fingerprint density at radius 3 is 0.802 bits per heavy atom. The molecule has 0 amide bonds. The van der Waals surface area contributed by atoms with Gasteiger partial charge in [-0.15, -0.1) is 0 Å². The summed E-state index contributed by atoms with van der Waals surface area (Å²) in [5.74, 6) is -0.866. The molecule has 1 unspecified atom stereocenters. The molecule has 0 aliphatic rings. The van der Waals surface area contributed by atoms with Crippen molar-refractivity contribution in [1.29, 1.82) is 0 Å².